The molecule has 7 heteroatoms. The zero-order valence-electron chi connectivity index (χ0n) is 17.7. The maximum atomic E-state index is 4.81. The zero-order chi connectivity index (χ0) is 21.0. The van der Waals surface area contributed by atoms with Gasteiger partial charge in [0.1, 0.15) is 0 Å². The number of hydrogen-bond donors (Lipinski definition) is 0. The first kappa shape index (κ1) is 28.9. The van der Waals surface area contributed by atoms with Gasteiger partial charge in [0.25, 0.3) is 0 Å². The van der Waals surface area contributed by atoms with Gasteiger partial charge in [-0.05, 0) is 0 Å². The molecule has 0 aliphatic heterocycles. The molecule has 0 N–H and O–H groups in total. The van der Waals surface area contributed by atoms with Gasteiger partial charge in [0.15, 0.2) is 0 Å². The Morgan fingerprint density at radius 1 is 0.481 bits per heavy atom. The van der Waals surface area contributed by atoms with Gasteiger partial charge in [0.2, 0.25) is 0 Å². The van der Waals surface area contributed by atoms with E-state index in [-0.39, 0.29) is 15.9 Å². The summed E-state index contributed by atoms with van der Waals surface area (Å²) in [5.74, 6) is 0. The first-order valence-corrected chi connectivity index (χ1v) is 33.9. The van der Waals surface area contributed by atoms with Crippen molar-refractivity contribution in [2.75, 3.05) is 0 Å². The van der Waals surface area contributed by atoms with Gasteiger partial charge in [-0.1, -0.05) is 0 Å². The summed E-state index contributed by atoms with van der Waals surface area (Å²) in [7, 11) is 9.63. The van der Waals surface area contributed by atoms with Gasteiger partial charge in [0, 0.05) is 0 Å². The average molecular weight is 754 g/mol. The Bertz CT molecular complexity index is 540. The molecular formula is C20H36As4Cl2Pd. The van der Waals surface area contributed by atoms with E-state index in [1.165, 1.54) is 0 Å². The first-order chi connectivity index (χ1) is 12.7. The van der Waals surface area contributed by atoms with Crippen LogP contribution in [0.25, 0.3) is 0 Å². The molecule has 0 aliphatic carbocycles. The molecule has 2 aromatic carbocycles. The van der Waals surface area contributed by atoms with E-state index in [1.54, 1.807) is 17.4 Å². The van der Waals surface area contributed by atoms with Gasteiger partial charge >= 0.3 is 205 Å². The van der Waals surface area contributed by atoms with Crippen molar-refractivity contribution >= 4 is 95.1 Å². The number of hydrogen-bond acceptors (Lipinski definition) is 0. The van der Waals surface area contributed by atoms with E-state index >= 15 is 0 Å². The molecule has 0 bridgehead atoms. The fourth-order valence-corrected chi connectivity index (χ4v) is 22.4. The second-order valence-corrected chi connectivity index (χ2v) is 30.8. The monoisotopic (exact) mass is 752 g/mol. The van der Waals surface area contributed by atoms with Crippen molar-refractivity contribution in [3.63, 3.8) is 0 Å². The standard InChI is InChI=1S/2C10H18As2.2ClH.Pd/c2*1-11(2)9-7-5-6-8-10(9)12(3)4;;;/h2*5-8,11-12H,1-4H3;2*1H;/q;;;;+2/p-2. The first-order valence-electron chi connectivity index (χ1n) is 8.89. The van der Waals surface area contributed by atoms with Gasteiger partial charge in [-0.3, -0.25) is 0 Å². The summed E-state index contributed by atoms with van der Waals surface area (Å²) >= 11 is -3.45. The third-order valence-corrected chi connectivity index (χ3v) is 18.9. The fraction of sp³-hybridized carbons (Fsp3) is 0.400. The Balaban J connectivity index is 0.000000438. The van der Waals surface area contributed by atoms with Crippen molar-refractivity contribution in [3.05, 3.63) is 48.5 Å². The Hall–Kier alpha value is 1.92. The second-order valence-electron chi connectivity index (χ2n) is 7.14. The molecule has 0 spiro atoms. The van der Waals surface area contributed by atoms with E-state index in [0.717, 1.165) is 0 Å². The predicted octanol–water partition coefficient (Wildman–Crippen LogP) is 3.52. The molecule has 0 saturated carbocycles. The molecule has 160 valence electrons. The SMILES string of the molecule is C[AsH](C)c1ccccc1[AsH](C)C.C[AsH](C)c1ccccc1[AsH](C)C.[Cl][Pd][Cl]. The molecule has 0 aliphatic rings. The molecule has 0 fully saturated rings. The summed E-state index contributed by atoms with van der Waals surface area (Å²) in [6.45, 7) is 0. The minimum atomic E-state index is -0.836. The van der Waals surface area contributed by atoms with Gasteiger partial charge in [0.05, 0.1) is 0 Å². The summed E-state index contributed by atoms with van der Waals surface area (Å²) in [5, 5.41) is 0. The van der Waals surface area contributed by atoms with Crippen LogP contribution in [-0.4, -0.2) is 58.6 Å². The van der Waals surface area contributed by atoms with Crippen LogP contribution in [0, 0.1) is 0 Å². The third kappa shape index (κ3) is 11.8. The quantitative estimate of drug-likeness (QED) is 0.420. The van der Waals surface area contributed by atoms with Crippen LogP contribution >= 0.6 is 19.1 Å². The molecule has 0 saturated heterocycles. The van der Waals surface area contributed by atoms with Crippen LogP contribution < -0.4 is 17.4 Å². The number of halogens is 2. The minimum absolute atomic E-state index is 0.106. The van der Waals surface area contributed by atoms with E-state index in [1.807, 2.05) is 0 Å². The number of benzene rings is 2. The van der Waals surface area contributed by atoms with Crippen LogP contribution in [0.4, 0.5) is 0 Å². The summed E-state index contributed by atoms with van der Waals surface area (Å²) in [5.41, 5.74) is 19.6. The summed E-state index contributed by atoms with van der Waals surface area (Å²) in [6.07, 6.45) is 0. The van der Waals surface area contributed by atoms with E-state index in [0.29, 0.717) is 0 Å². The normalized spacial score (nSPS) is 10.7. The molecule has 0 unspecified atom stereocenters. The van der Waals surface area contributed by atoms with Crippen LogP contribution in [0.1, 0.15) is 0 Å². The Kier molecular flexibility index (Phi) is 17.8. The predicted molar refractivity (Wildman–Crippen MR) is 139 cm³/mol. The molecule has 0 heterocycles. The number of rotatable bonds is 4. The topological polar surface area (TPSA) is 0 Å². The van der Waals surface area contributed by atoms with Crippen molar-refractivity contribution in [1.29, 1.82) is 0 Å². The maximum absolute atomic E-state index is 4.81. The zero-order valence-corrected chi connectivity index (χ0v) is 29.1. The molecule has 2 rings (SSSR count). The molecule has 4 radical (unpaired) electrons. The van der Waals surface area contributed by atoms with E-state index in [9.17, 15) is 0 Å². The molecule has 27 heavy (non-hydrogen) atoms. The van der Waals surface area contributed by atoms with Crippen molar-refractivity contribution in [1.82, 2.24) is 0 Å². The second kappa shape index (κ2) is 16.6. The molecule has 0 aromatic heterocycles. The van der Waals surface area contributed by atoms with Crippen LogP contribution in [0.5, 0.6) is 0 Å². The van der Waals surface area contributed by atoms with E-state index in [2.05, 4.69) is 94.2 Å². The molecule has 0 atom stereocenters. The van der Waals surface area contributed by atoms with Crippen LogP contribution in [0.2, 0.25) is 45.7 Å². The van der Waals surface area contributed by atoms with Gasteiger partial charge < -0.3 is 0 Å². The van der Waals surface area contributed by atoms with Crippen molar-refractivity contribution in [2.45, 2.75) is 45.7 Å². The van der Waals surface area contributed by atoms with Crippen LogP contribution in [0.3, 0.4) is 0 Å². The molecule has 2 aromatic rings. The Morgan fingerprint density at radius 3 is 0.741 bits per heavy atom. The van der Waals surface area contributed by atoms with Crippen molar-refractivity contribution < 1.29 is 15.9 Å². The van der Waals surface area contributed by atoms with Crippen LogP contribution in [-0.2, 0) is 15.9 Å². The van der Waals surface area contributed by atoms with E-state index < -0.39 is 58.6 Å². The average Bonchev–Trinajstić information content (AvgIpc) is 2.62. The fourth-order valence-electron chi connectivity index (χ4n) is 2.71. The Morgan fingerprint density at radius 2 is 0.630 bits per heavy atom. The molecular weight excluding hydrogens is 717 g/mol. The summed E-state index contributed by atoms with van der Waals surface area (Å²) in [4.78, 5) is 0. The third-order valence-electron chi connectivity index (χ3n) is 4.01. The Labute approximate surface area is 202 Å². The van der Waals surface area contributed by atoms with Crippen molar-refractivity contribution in [3.8, 4) is 0 Å². The van der Waals surface area contributed by atoms with Gasteiger partial charge in [-0.15, -0.1) is 0 Å². The summed E-state index contributed by atoms with van der Waals surface area (Å²) in [6, 6.07) is 18.2. The molecule has 0 nitrogen and oxygen atoms in total. The van der Waals surface area contributed by atoms with Crippen molar-refractivity contribution in [2.24, 2.45) is 0 Å². The molecule has 0 amide bonds. The van der Waals surface area contributed by atoms with Gasteiger partial charge in [-0.25, -0.2) is 0 Å². The van der Waals surface area contributed by atoms with E-state index in [4.69, 9.17) is 19.1 Å². The van der Waals surface area contributed by atoms with Gasteiger partial charge in [-0.2, -0.15) is 0 Å². The summed E-state index contributed by atoms with van der Waals surface area (Å²) < 4.78 is 6.94. The van der Waals surface area contributed by atoms with Crippen LogP contribution in [0.15, 0.2) is 48.5 Å².